The van der Waals surface area contributed by atoms with E-state index in [9.17, 15) is 4.39 Å². The van der Waals surface area contributed by atoms with E-state index < -0.39 is 5.82 Å². The summed E-state index contributed by atoms with van der Waals surface area (Å²) < 4.78 is 14.9. The van der Waals surface area contributed by atoms with Crippen LogP contribution in [0.5, 0.6) is 0 Å². The molecule has 0 aliphatic heterocycles. The van der Waals surface area contributed by atoms with Crippen LogP contribution in [0.4, 0.5) is 4.39 Å². The highest BCUT2D eigenvalue weighted by Gasteiger charge is 2.03. The summed E-state index contributed by atoms with van der Waals surface area (Å²) in [5.41, 5.74) is 2.07. The van der Waals surface area contributed by atoms with Crippen molar-refractivity contribution in [2.45, 2.75) is 26.4 Å². The molecular formula is C14H17ClFN3. The zero-order chi connectivity index (χ0) is 13.7. The average Bonchev–Trinajstić information content (AvgIpc) is 2.82. The molecule has 1 N–H and O–H groups in total. The molecule has 19 heavy (non-hydrogen) atoms. The van der Waals surface area contributed by atoms with Gasteiger partial charge in [-0.2, -0.15) is 5.10 Å². The van der Waals surface area contributed by atoms with E-state index in [1.807, 2.05) is 17.1 Å². The number of aromatic nitrogens is 2. The first-order chi connectivity index (χ1) is 9.19. The number of rotatable bonds is 6. The summed E-state index contributed by atoms with van der Waals surface area (Å²) in [7, 11) is 0. The van der Waals surface area contributed by atoms with E-state index in [-0.39, 0.29) is 5.02 Å². The Labute approximate surface area is 117 Å². The van der Waals surface area contributed by atoms with Gasteiger partial charge in [0.15, 0.2) is 0 Å². The average molecular weight is 282 g/mol. The molecular weight excluding hydrogens is 265 g/mol. The van der Waals surface area contributed by atoms with Crippen molar-refractivity contribution < 1.29 is 4.39 Å². The highest BCUT2D eigenvalue weighted by molar-refractivity contribution is 6.30. The Morgan fingerprint density at radius 1 is 1.37 bits per heavy atom. The molecule has 5 heteroatoms. The lowest BCUT2D eigenvalue weighted by Crippen LogP contribution is -2.13. The first-order valence-electron chi connectivity index (χ1n) is 6.35. The largest absolute Gasteiger partial charge is 0.313 e. The van der Waals surface area contributed by atoms with Gasteiger partial charge in [-0.05, 0) is 30.7 Å². The third-order valence-electron chi connectivity index (χ3n) is 2.77. The molecule has 102 valence electrons. The molecule has 2 rings (SSSR count). The summed E-state index contributed by atoms with van der Waals surface area (Å²) in [6.45, 7) is 4.54. The third kappa shape index (κ3) is 4.04. The highest BCUT2D eigenvalue weighted by atomic mass is 35.5. The van der Waals surface area contributed by atoms with Crippen molar-refractivity contribution in [3.63, 3.8) is 0 Å². The van der Waals surface area contributed by atoms with Crippen molar-refractivity contribution in [1.29, 1.82) is 0 Å². The fourth-order valence-corrected chi connectivity index (χ4v) is 2.02. The summed E-state index contributed by atoms with van der Waals surface area (Å²) in [4.78, 5) is 0. The summed E-state index contributed by atoms with van der Waals surface area (Å²) >= 11 is 5.76. The van der Waals surface area contributed by atoms with Crippen LogP contribution in [-0.4, -0.2) is 16.3 Å². The lowest BCUT2D eigenvalue weighted by Gasteiger charge is -2.03. The maximum Gasteiger partial charge on any atom is 0.141 e. The van der Waals surface area contributed by atoms with E-state index in [4.69, 9.17) is 11.6 Å². The van der Waals surface area contributed by atoms with E-state index >= 15 is 0 Å². The molecule has 0 aliphatic carbocycles. The molecule has 0 saturated heterocycles. The molecule has 0 bridgehead atoms. The van der Waals surface area contributed by atoms with Gasteiger partial charge >= 0.3 is 0 Å². The van der Waals surface area contributed by atoms with Gasteiger partial charge in [-0.1, -0.05) is 24.6 Å². The van der Waals surface area contributed by atoms with Crippen molar-refractivity contribution in [1.82, 2.24) is 15.1 Å². The molecule has 1 heterocycles. The predicted octanol–water partition coefficient (Wildman–Crippen LogP) is 3.22. The van der Waals surface area contributed by atoms with Crippen molar-refractivity contribution in [2.24, 2.45) is 0 Å². The molecule has 0 spiro atoms. The van der Waals surface area contributed by atoms with Crippen LogP contribution in [0.1, 0.15) is 24.5 Å². The van der Waals surface area contributed by atoms with Crippen LogP contribution in [0.25, 0.3) is 0 Å². The second-order valence-electron chi connectivity index (χ2n) is 4.47. The van der Waals surface area contributed by atoms with Gasteiger partial charge in [0.25, 0.3) is 0 Å². The minimum atomic E-state index is -0.393. The standard InChI is InChI=1S/C14H17ClFN3/c1-2-5-17-7-12-8-18-19(10-12)9-11-3-4-14(16)13(15)6-11/h3-4,6,8,10,17H,2,5,7,9H2,1H3. The number of hydrogen-bond acceptors (Lipinski definition) is 2. The molecule has 1 aromatic carbocycles. The lowest BCUT2D eigenvalue weighted by atomic mass is 10.2. The van der Waals surface area contributed by atoms with Gasteiger partial charge in [0, 0.05) is 18.3 Å². The number of benzene rings is 1. The van der Waals surface area contributed by atoms with Gasteiger partial charge in [0.2, 0.25) is 0 Å². The molecule has 0 amide bonds. The van der Waals surface area contributed by atoms with Gasteiger partial charge in [0.1, 0.15) is 5.82 Å². The first kappa shape index (κ1) is 14.0. The Bertz CT molecular complexity index is 539. The fraction of sp³-hybridized carbons (Fsp3) is 0.357. The van der Waals surface area contributed by atoms with Gasteiger partial charge < -0.3 is 5.32 Å². The Hall–Kier alpha value is -1.39. The zero-order valence-corrected chi connectivity index (χ0v) is 11.6. The third-order valence-corrected chi connectivity index (χ3v) is 3.06. The van der Waals surface area contributed by atoms with Crippen molar-refractivity contribution in [2.75, 3.05) is 6.54 Å². The number of hydrogen-bond donors (Lipinski definition) is 1. The van der Waals surface area contributed by atoms with Gasteiger partial charge in [0.05, 0.1) is 17.8 Å². The van der Waals surface area contributed by atoms with E-state index in [0.29, 0.717) is 6.54 Å². The van der Waals surface area contributed by atoms with Crippen LogP contribution in [0.15, 0.2) is 30.6 Å². The van der Waals surface area contributed by atoms with E-state index in [1.165, 1.54) is 6.07 Å². The molecule has 0 atom stereocenters. The van der Waals surface area contributed by atoms with E-state index in [0.717, 1.165) is 30.6 Å². The maximum absolute atomic E-state index is 13.1. The summed E-state index contributed by atoms with van der Waals surface area (Å²) in [6, 6.07) is 4.73. The van der Waals surface area contributed by atoms with Crippen LogP contribution in [-0.2, 0) is 13.1 Å². The molecule has 0 aliphatic rings. The summed E-state index contributed by atoms with van der Waals surface area (Å²) in [5, 5.41) is 7.75. The maximum atomic E-state index is 13.1. The topological polar surface area (TPSA) is 29.9 Å². The number of halogens is 2. The fourth-order valence-electron chi connectivity index (χ4n) is 1.82. The first-order valence-corrected chi connectivity index (χ1v) is 6.73. The number of nitrogens with zero attached hydrogens (tertiary/aromatic N) is 2. The van der Waals surface area contributed by atoms with Crippen molar-refractivity contribution in [3.05, 3.63) is 52.6 Å². The molecule has 0 fully saturated rings. The van der Waals surface area contributed by atoms with Crippen molar-refractivity contribution in [3.8, 4) is 0 Å². The number of nitrogens with one attached hydrogen (secondary N) is 1. The van der Waals surface area contributed by atoms with Crippen molar-refractivity contribution >= 4 is 11.6 Å². The Morgan fingerprint density at radius 3 is 2.95 bits per heavy atom. The smallest absolute Gasteiger partial charge is 0.141 e. The van der Waals surface area contributed by atoms with Crippen LogP contribution >= 0.6 is 11.6 Å². The van der Waals surface area contributed by atoms with Gasteiger partial charge in [-0.3, -0.25) is 4.68 Å². The monoisotopic (exact) mass is 281 g/mol. The second kappa shape index (κ2) is 6.68. The second-order valence-corrected chi connectivity index (χ2v) is 4.88. The van der Waals surface area contributed by atoms with E-state index in [1.54, 1.807) is 12.1 Å². The summed E-state index contributed by atoms with van der Waals surface area (Å²) in [5.74, 6) is -0.393. The van der Waals surface area contributed by atoms with Crippen LogP contribution < -0.4 is 5.32 Å². The summed E-state index contributed by atoms with van der Waals surface area (Å²) in [6.07, 6.45) is 4.94. The lowest BCUT2D eigenvalue weighted by molar-refractivity contribution is 0.624. The Morgan fingerprint density at radius 2 is 2.21 bits per heavy atom. The van der Waals surface area contributed by atoms with Gasteiger partial charge in [-0.25, -0.2) is 4.39 Å². The van der Waals surface area contributed by atoms with E-state index in [2.05, 4.69) is 17.3 Å². The minimum absolute atomic E-state index is 0.148. The Balaban J connectivity index is 1.97. The van der Waals surface area contributed by atoms with Gasteiger partial charge in [-0.15, -0.1) is 0 Å². The Kier molecular flexibility index (Phi) is 4.93. The molecule has 0 saturated carbocycles. The molecule has 0 unspecified atom stereocenters. The predicted molar refractivity (Wildman–Crippen MR) is 74.7 cm³/mol. The highest BCUT2D eigenvalue weighted by Crippen LogP contribution is 2.16. The van der Waals surface area contributed by atoms with Crippen LogP contribution in [0.3, 0.4) is 0 Å². The molecule has 1 aromatic heterocycles. The zero-order valence-electron chi connectivity index (χ0n) is 10.9. The molecule has 0 radical (unpaired) electrons. The van der Waals surface area contributed by atoms with Crippen LogP contribution in [0, 0.1) is 5.82 Å². The molecule has 2 aromatic rings. The normalized spacial score (nSPS) is 10.9. The SMILES string of the molecule is CCCNCc1cnn(Cc2ccc(F)c(Cl)c2)c1. The van der Waals surface area contributed by atoms with Crippen LogP contribution in [0.2, 0.25) is 5.02 Å². The molecule has 3 nitrogen and oxygen atoms in total. The quantitative estimate of drug-likeness (QED) is 0.824. The minimum Gasteiger partial charge on any atom is -0.313 e.